The van der Waals surface area contributed by atoms with Crippen molar-refractivity contribution in [1.29, 1.82) is 0 Å². The van der Waals surface area contributed by atoms with Crippen molar-refractivity contribution in [3.05, 3.63) is 11.7 Å². The molecule has 1 atom stereocenters. The van der Waals surface area contributed by atoms with E-state index in [0.29, 0.717) is 18.3 Å². The second kappa shape index (κ2) is 6.44. The van der Waals surface area contributed by atoms with Gasteiger partial charge in [-0.05, 0) is 51.9 Å². The van der Waals surface area contributed by atoms with E-state index in [2.05, 4.69) is 24.0 Å². The van der Waals surface area contributed by atoms with Gasteiger partial charge in [-0.1, -0.05) is 25.4 Å². The highest BCUT2D eigenvalue weighted by atomic mass is 16.5. The second-order valence-corrected chi connectivity index (χ2v) is 6.70. The molecule has 2 rings (SSSR count). The largest absolute Gasteiger partial charge is 0.367 e. The Morgan fingerprint density at radius 1 is 1.38 bits per heavy atom. The van der Waals surface area contributed by atoms with Crippen molar-refractivity contribution in [1.82, 2.24) is 10.1 Å². The summed E-state index contributed by atoms with van der Waals surface area (Å²) in [5, 5.41) is 4.21. The van der Waals surface area contributed by atoms with E-state index < -0.39 is 5.54 Å². The second-order valence-electron chi connectivity index (χ2n) is 6.70. The number of nitrogens with zero attached hydrogens (tertiary/aromatic N) is 2. The molecule has 21 heavy (non-hydrogen) atoms. The normalized spacial score (nSPS) is 29.3. The highest BCUT2D eigenvalue weighted by Crippen LogP contribution is 2.41. The maximum absolute atomic E-state index is 6.29. The zero-order valence-electron chi connectivity index (χ0n) is 13.8. The molecule has 0 saturated heterocycles. The first-order chi connectivity index (χ1) is 9.93. The Morgan fingerprint density at radius 2 is 2.05 bits per heavy atom. The number of rotatable bonds is 6. The predicted octanol–water partition coefficient (Wildman–Crippen LogP) is 3.49. The maximum atomic E-state index is 6.29. The van der Waals surface area contributed by atoms with Gasteiger partial charge in [-0.25, -0.2) is 0 Å². The van der Waals surface area contributed by atoms with E-state index in [9.17, 15) is 0 Å². The van der Waals surface area contributed by atoms with Gasteiger partial charge in [0.2, 0.25) is 11.7 Å². The van der Waals surface area contributed by atoms with Crippen molar-refractivity contribution in [3.63, 3.8) is 0 Å². The standard InChI is InChI=1S/C16H29N3O2/c1-5-9-15(4,17)14-18-13(19-21-14)16(20-6-2)10-7-12(3)8-11-16/h12H,5-11,17H2,1-4H3. The molecule has 0 spiro atoms. The van der Waals surface area contributed by atoms with Crippen LogP contribution >= 0.6 is 0 Å². The summed E-state index contributed by atoms with van der Waals surface area (Å²) >= 11 is 0. The van der Waals surface area contributed by atoms with Crippen LogP contribution in [-0.2, 0) is 15.9 Å². The monoisotopic (exact) mass is 295 g/mol. The lowest BCUT2D eigenvalue weighted by molar-refractivity contribution is -0.0847. The summed E-state index contributed by atoms with van der Waals surface area (Å²) in [6, 6.07) is 0. The number of ether oxygens (including phenoxy) is 1. The van der Waals surface area contributed by atoms with E-state index in [-0.39, 0.29) is 5.60 Å². The fourth-order valence-corrected chi connectivity index (χ4v) is 3.20. The van der Waals surface area contributed by atoms with Crippen LogP contribution in [0, 0.1) is 5.92 Å². The molecule has 1 saturated carbocycles. The van der Waals surface area contributed by atoms with Crippen molar-refractivity contribution in [2.24, 2.45) is 11.7 Å². The van der Waals surface area contributed by atoms with Crippen molar-refractivity contribution in [3.8, 4) is 0 Å². The molecule has 1 aromatic heterocycles. The molecular weight excluding hydrogens is 266 g/mol. The van der Waals surface area contributed by atoms with Gasteiger partial charge in [0.25, 0.3) is 0 Å². The lowest BCUT2D eigenvalue weighted by Crippen LogP contribution is -2.36. The minimum atomic E-state index is -0.560. The summed E-state index contributed by atoms with van der Waals surface area (Å²) < 4.78 is 11.5. The predicted molar refractivity (Wildman–Crippen MR) is 81.7 cm³/mol. The Hall–Kier alpha value is -0.940. The summed E-state index contributed by atoms with van der Waals surface area (Å²) in [5.74, 6) is 1.95. The van der Waals surface area contributed by atoms with Gasteiger partial charge in [-0.3, -0.25) is 0 Å². The lowest BCUT2D eigenvalue weighted by atomic mass is 9.79. The van der Waals surface area contributed by atoms with Crippen molar-refractivity contribution < 1.29 is 9.26 Å². The number of nitrogens with two attached hydrogens (primary N) is 1. The molecule has 1 aromatic rings. The van der Waals surface area contributed by atoms with Crippen molar-refractivity contribution in [2.45, 2.75) is 77.4 Å². The van der Waals surface area contributed by atoms with Gasteiger partial charge in [0.15, 0.2) is 0 Å². The topological polar surface area (TPSA) is 74.2 Å². The molecule has 1 unspecified atom stereocenters. The van der Waals surface area contributed by atoms with Gasteiger partial charge < -0.3 is 15.0 Å². The fourth-order valence-electron chi connectivity index (χ4n) is 3.20. The van der Waals surface area contributed by atoms with Gasteiger partial charge in [0.1, 0.15) is 5.60 Å². The maximum Gasteiger partial charge on any atom is 0.246 e. The van der Waals surface area contributed by atoms with E-state index in [1.807, 2.05) is 13.8 Å². The van der Waals surface area contributed by atoms with Crippen LogP contribution in [0.15, 0.2) is 4.52 Å². The molecule has 1 fully saturated rings. The minimum absolute atomic E-state index is 0.384. The number of aromatic nitrogens is 2. The highest BCUT2D eigenvalue weighted by molar-refractivity contribution is 5.07. The molecule has 5 heteroatoms. The Labute approximate surface area is 127 Å². The summed E-state index contributed by atoms with van der Waals surface area (Å²) in [6.45, 7) is 9.02. The first-order valence-electron chi connectivity index (χ1n) is 8.21. The summed E-state index contributed by atoms with van der Waals surface area (Å²) in [7, 11) is 0. The van der Waals surface area contributed by atoms with Gasteiger partial charge in [0, 0.05) is 6.61 Å². The van der Waals surface area contributed by atoms with Crippen LogP contribution < -0.4 is 5.73 Å². The molecular formula is C16H29N3O2. The van der Waals surface area contributed by atoms with Crippen LogP contribution in [-0.4, -0.2) is 16.7 Å². The zero-order chi connectivity index (χ0) is 15.5. The molecule has 2 N–H and O–H groups in total. The third-order valence-corrected chi connectivity index (χ3v) is 4.59. The van der Waals surface area contributed by atoms with Gasteiger partial charge in [-0.15, -0.1) is 0 Å². The third kappa shape index (κ3) is 3.46. The van der Waals surface area contributed by atoms with Gasteiger partial charge in [-0.2, -0.15) is 4.98 Å². The van der Waals surface area contributed by atoms with E-state index in [1.54, 1.807) is 0 Å². The molecule has 0 aliphatic heterocycles. The molecule has 1 aliphatic rings. The van der Waals surface area contributed by atoms with E-state index in [1.165, 1.54) is 0 Å². The Morgan fingerprint density at radius 3 is 2.62 bits per heavy atom. The van der Waals surface area contributed by atoms with Crippen LogP contribution in [0.25, 0.3) is 0 Å². The van der Waals surface area contributed by atoms with Gasteiger partial charge >= 0.3 is 0 Å². The molecule has 1 heterocycles. The van der Waals surface area contributed by atoms with Crippen LogP contribution in [0.5, 0.6) is 0 Å². The first kappa shape index (κ1) is 16.4. The highest BCUT2D eigenvalue weighted by Gasteiger charge is 2.42. The average molecular weight is 295 g/mol. The van der Waals surface area contributed by atoms with E-state index in [0.717, 1.165) is 44.4 Å². The summed E-state index contributed by atoms with van der Waals surface area (Å²) in [5.41, 5.74) is 5.35. The Balaban J connectivity index is 2.24. The SMILES string of the molecule is CCCC(C)(N)c1nc(C2(OCC)CCC(C)CC2)no1. The van der Waals surface area contributed by atoms with Crippen LogP contribution in [0.2, 0.25) is 0 Å². The zero-order valence-corrected chi connectivity index (χ0v) is 13.8. The van der Waals surface area contributed by atoms with Crippen LogP contribution in [0.4, 0.5) is 0 Å². The smallest absolute Gasteiger partial charge is 0.246 e. The molecule has 5 nitrogen and oxygen atoms in total. The quantitative estimate of drug-likeness (QED) is 0.869. The van der Waals surface area contributed by atoms with Crippen molar-refractivity contribution in [2.75, 3.05) is 6.61 Å². The summed E-state index contributed by atoms with van der Waals surface area (Å²) in [4.78, 5) is 4.61. The van der Waals surface area contributed by atoms with Gasteiger partial charge in [0.05, 0.1) is 5.54 Å². The molecule has 120 valence electrons. The van der Waals surface area contributed by atoms with Crippen molar-refractivity contribution >= 4 is 0 Å². The fraction of sp³-hybridized carbons (Fsp3) is 0.875. The first-order valence-corrected chi connectivity index (χ1v) is 8.21. The van der Waals surface area contributed by atoms with Crippen LogP contribution in [0.3, 0.4) is 0 Å². The number of hydrogen-bond donors (Lipinski definition) is 1. The minimum Gasteiger partial charge on any atom is -0.367 e. The number of hydrogen-bond acceptors (Lipinski definition) is 5. The molecule has 0 amide bonds. The molecule has 1 aliphatic carbocycles. The van der Waals surface area contributed by atoms with Crippen LogP contribution in [0.1, 0.15) is 77.9 Å². The molecule has 0 bridgehead atoms. The Kier molecular flexibility index (Phi) is 5.04. The third-order valence-electron chi connectivity index (χ3n) is 4.59. The van der Waals surface area contributed by atoms with E-state index in [4.69, 9.17) is 15.0 Å². The Bertz CT molecular complexity index is 448. The molecule has 0 radical (unpaired) electrons. The molecule has 0 aromatic carbocycles. The van der Waals surface area contributed by atoms with E-state index >= 15 is 0 Å². The average Bonchev–Trinajstić information content (AvgIpc) is 2.93. The summed E-state index contributed by atoms with van der Waals surface area (Å²) in [6.07, 6.45) is 6.00. The lowest BCUT2D eigenvalue weighted by Gasteiger charge is -2.36.